The van der Waals surface area contributed by atoms with Crippen molar-refractivity contribution in [2.75, 3.05) is 50.8 Å². The second kappa shape index (κ2) is 16.0. The Morgan fingerprint density at radius 2 is 1.67 bits per heavy atom. The van der Waals surface area contributed by atoms with Gasteiger partial charge in [-0.25, -0.2) is 18.0 Å². The number of aromatic nitrogens is 3. The van der Waals surface area contributed by atoms with Crippen molar-refractivity contribution in [2.24, 2.45) is 0 Å². The lowest BCUT2D eigenvalue weighted by Crippen LogP contribution is -2.50. The lowest BCUT2D eigenvalue weighted by molar-refractivity contribution is 0.0240. The maximum atomic E-state index is 17.4. The topological polar surface area (TPSA) is 83.9 Å². The van der Waals surface area contributed by atoms with Crippen molar-refractivity contribution in [2.45, 2.75) is 116 Å². The van der Waals surface area contributed by atoms with E-state index >= 15 is 8.78 Å². The highest BCUT2D eigenvalue weighted by Gasteiger charge is 2.49. The van der Waals surface area contributed by atoms with Gasteiger partial charge in [-0.1, -0.05) is 59.6 Å². The fraction of sp³-hybridized carbons (Fsp3) is 0.556. The normalized spacial score (nSPS) is 20.4. The molecule has 0 spiro atoms. The number of hydrogen-bond donors (Lipinski definition) is 0. The third kappa shape index (κ3) is 7.74. The quantitative estimate of drug-likeness (QED) is 0.129. The van der Waals surface area contributed by atoms with E-state index in [0.29, 0.717) is 88.9 Å². The van der Waals surface area contributed by atoms with Crippen LogP contribution in [0.15, 0.2) is 36.5 Å². The summed E-state index contributed by atoms with van der Waals surface area (Å²) in [7, 11) is -2.17. The average molecular weight is 815 g/mol. The monoisotopic (exact) mass is 814 g/mol. The number of ether oxygens (including phenoxy) is 2. The van der Waals surface area contributed by atoms with Crippen molar-refractivity contribution in [3.8, 4) is 28.7 Å². The van der Waals surface area contributed by atoms with Crippen LogP contribution in [0.5, 0.6) is 6.01 Å². The maximum Gasteiger partial charge on any atom is 0.410 e. The molecule has 9 nitrogen and oxygen atoms in total. The number of halogens is 3. The second-order valence-corrected chi connectivity index (χ2v) is 23.9. The van der Waals surface area contributed by atoms with Crippen LogP contribution in [-0.4, -0.2) is 102 Å². The molecule has 0 radical (unpaired) electrons. The van der Waals surface area contributed by atoms with Crippen molar-refractivity contribution in [1.29, 1.82) is 0 Å². The number of alkyl halides is 1. The fourth-order valence-electron chi connectivity index (χ4n) is 9.87. The third-order valence-electron chi connectivity index (χ3n) is 12.6. The van der Waals surface area contributed by atoms with Crippen LogP contribution in [0.25, 0.3) is 32.9 Å². The number of piperazine rings is 1. The van der Waals surface area contributed by atoms with E-state index < -0.39 is 43.1 Å². The highest BCUT2D eigenvalue weighted by molar-refractivity contribution is 6.90. The summed E-state index contributed by atoms with van der Waals surface area (Å²) >= 11 is 0. The molecule has 3 aliphatic rings. The molecular weight excluding hydrogens is 758 g/mol. The summed E-state index contributed by atoms with van der Waals surface area (Å²) in [5, 5.41) is 1.19. The molecule has 4 aromatic rings. The van der Waals surface area contributed by atoms with Crippen LogP contribution < -0.4 is 9.64 Å². The van der Waals surface area contributed by atoms with Gasteiger partial charge in [-0.05, 0) is 75.0 Å². The first-order valence-electron chi connectivity index (χ1n) is 20.8. The number of anilines is 1. The summed E-state index contributed by atoms with van der Waals surface area (Å²) in [5.41, 5.74) is 4.85. The van der Waals surface area contributed by atoms with Crippen LogP contribution in [0.2, 0.25) is 16.6 Å². The van der Waals surface area contributed by atoms with Gasteiger partial charge in [-0.2, -0.15) is 9.97 Å². The molecule has 0 aliphatic carbocycles. The fourth-order valence-corrected chi connectivity index (χ4v) is 15.1. The summed E-state index contributed by atoms with van der Waals surface area (Å²) < 4.78 is 59.6. The van der Waals surface area contributed by atoms with E-state index in [1.165, 1.54) is 6.07 Å². The zero-order valence-corrected chi connectivity index (χ0v) is 36.4. The molecule has 310 valence electrons. The minimum absolute atomic E-state index is 0.00188. The van der Waals surface area contributed by atoms with Gasteiger partial charge < -0.3 is 19.3 Å². The van der Waals surface area contributed by atoms with E-state index in [2.05, 4.69) is 62.9 Å². The zero-order chi connectivity index (χ0) is 41.7. The van der Waals surface area contributed by atoms with Crippen LogP contribution in [-0.2, 0) is 4.74 Å². The van der Waals surface area contributed by atoms with E-state index in [1.54, 1.807) is 29.3 Å². The minimum Gasteiger partial charge on any atom is -0.461 e. The van der Waals surface area contributed by atoms with Crippen molar-refractivity contribution in [3.63, 3.8) is 0 Å². The number of benzene rings is 2. The highest BCUT2D eigenvalue weighted by Crippen LogP contribution is 2.43. The molecule has 2 aromatic heterocycles. The number of pyridine rings is 1. The van der Waals surface area contributed by atoms with Crippen LogP contribution in [0.1, 0.15) is 87.1 Å². The molecule has 3 fully saturated rings. The predicted molar refractivity (Wildman–Crippen MR) is 227 cm³/mol. The Balaban J connectivity index is 1.33. The lowest BCUT2D eigenvalue weighted by Gasteiger charge is -2.38. The molecular formula is C45H57F3N6O3Si. The van der Waals surface area contributed by atoms with E-state index in [-0.39, 0.29) is 23.8 Å². The van der Waals surface area contributed by atoms with Gasteiger partial charge >= 0.3 is 12.1 Å². The van der Waals surface area contributed by atoms with Crippen LogP contribution in [0, 0.1) is 23.1 Å². The zero-order valence-electron chi connectivity index (χ0n) is 35.4. The smallest absolute Gasteiger partial charge is 0.410 e. The SMILES string of the molecule is CC(C)[Si](C#Cc1cccc2c(F)ccc(-c3ncc4c(N5CCN(C(=O)OC(C)(C)C)CC5)nc(OC[C@@]56CCCN5C[C@H](F)C6)nc4c3F)c12)(C(C)C)C(C)C. The average Bonchev–Trinajstić information content (AvgIpc) is 3.69. The molecule has 3 saturated heterocycles. The largest absolute Gasteiger partial charge is 0.461 e. The van der Waals surface area contributed by atoms with Crippen molar-refractivity contribution < 1.29 is 27.4 Å². The molecule has 1 amide bonds. The number of carbonyl (C=O) groups is 1. The van der Waals surface area contributed by atoms with E-state index in [9.17, 15) is 9.18 Å². The first kappa shape index (κ1) is 41.7. The highest BCUT2D eigenvalue weighted by atomic mass is 28.3. The molecule has 0 saturated carbocycles. The molecule has 2 atom stereocenters. The number of hydrogen-bond acceptors (Lipinski definition) is 8. The Labute approximate surface area is 341 Å². The Morgan fingerprint density at radius 3 is 2.34 bits per heavy atom. The van der Waals surface area contributed by atoms with Gasteiger partial charge in [0, 0.05) is 67.2 Å². The standard InChI is InChI=1S/C45H57F3N6O3Si/c1-28(2)58(29(3)4,30(5)6)23-16-31-12-10-13-33-36(47)15-14-34(37(31)33)39-38(48)40-35(25-49-39)41(52-19-21-53(22-20-52)43(55)57-44(7,8)9)51-42(50-40)56-27-45-17-11-18-54(45)26-32(46)24-45/h10,12-15,25,28-30,32H,11,17-22,24,26-27H2,1-9H3/t32-,45+/m1/s1. The van der Waals surface area contributed by atoms with Gasteiger partial charge in [-0.15, -0.1) is 5.54 Å². The predicted octanol–water partition coefficient (Wildman–Crippen LogP) is 9.70. The van der Waals surface area contributed by atoms with Crippen LogP contribution in [0.4, 0.5) is 23.8 Å². The minimum atomic E-state index is -2.17. The van der Waals surface area contributed by atoms with Crippen molar-refractivity contribution in [3.05, 3.63) is 53.7 Å². The molecule has 58 heavy (non-hydrogen) atoms. The molecule has 13 heteroatoms. The van der Waals surface area contributed by atoms with E-state index in [4.69, 9.17) is 19.4 Å². The number of fused-ring (bicyclic) bond motifs is 3. The third-order valence-corrected chi connectivity index (χ3v) is 18.9. The number of nitrogens with zero attached hydrogens (tertiary/aromatic N) is 6. The molecule has 0 N–H and O–H groups in total. The molecule has 7 rings (SSSR count). The summed E-state index contributed by atoms with van der Waals surface area (Å²) in [4.78, 5) is 32.9. The Morgan fingerprint density at radius 1 is 0.966 bits per heavy atom. The first-order chi connectivity index (χ1) is 27.4. The van der Waals surface area contributed by atoms with Gasteiger partial charge in [0.15, 0.2) is 5.82 Å². The summed E-state index contributed by atoms with van der Waals surface area (Å²) in [6.45, 7) is 21.8. The number of amides is 1. The molecule has 3 aliphatic heterocycles. The lowest BCUT2D eigenvalue weighted by atomic mass is 9.95. The van der Waals surface area contributed by atoms with Gasteiger partial charge in [-0.3, -0.25) is 9.88 Å². The van der Waals surface area contributed by atoms with E-state index in [0.717, 1.165) is 19.4 Å². The van der Waals surface area contributed by atoms with Crippen molar-refractivity contribution in [1.82, 2.24) is 24.8 Å². The summed E-state index contributed by atoms with van der Waals surface area (Å²) in [6, 6.07) is 8.23. The van der Waals surface area contributed by atoms with Crippen molar-refractivity contribution >= 4 is 41.7 Å². The van der Waals surface area contributed by atoms with Gasteiger partial charge in [0.1, 0.15) is 49.3 Å². The second-order valence-electron chi connectivity index (χ2n) is 18.3. The first-order valence-corrected chi connectivity index (χ1v) is 23.0. The molecule has 0 unspecified atom stereocenters. The van der Waals surface area contributed by atoms with Gasteiger partial charge in [0.05, 0.1) is 10.9 Å². The molecule has 2 aromatic carbocycles. The summed E-state index contributed by atoms with van der Waals surface area (Å²) in [5.74, 6) is 2.78. The van der Waals surface area contributed by atoms with Crippen LogP contribution >= 0.6 is 0 Å². The van der Waals surface area contributed by atoms with Gasteiger partial charge in [0.25, 0.3) is 0 Å². The molecule has 5 heterocycles. The number of carbonyl (C=O) groups excluding carboxylic acids is 1. The Kier molecular flexibility index (Phi) is 11.5. The number of rotatable bonds is 8. The Hall–Kier alpha value is -4.41. The summed E-state index contributed by atoms with van der Waals surface area (Å²) in [6.07, 6.45) is 2.32. The molecule has 0 bridgehead atoms. The van der Waals surface area contributed by atoms with E-state index in [1.807, 2.05) is 31.7 Å². The van der Waals surface area contributed by atoms with Crippen LogP contribution in [0.3, 0.4) is 0 Å². The van der Waals surface area contributed by atoms with Gasteiger partial charge in [0.2, 0.25) is 0 Å². The Bertz CT molecular complexity index is 2240. The maximum absolute atomic E-state index is 17.4.